The Morgan fingerprint density at radius 1 is 1.32 bits per heavy atom. The molecule has 0 aliphatic heterocycles. The number of nitrogens with two attached hydrogens (primary N) is 1. The number of nitrogens with one attached hydrogen (secondary N) is 3. The van der Waals surface area contributed by atoms with Gasteiger partial charge in [0.1, 0.15) is 0 Å². The van der Waals surface area contributed by atoms with Crippen molar-refractivity contribution in [2.45, 2.75) is 19.4 Å². The van der Waals surface area contributed by atoms with Gasteiger partial charge < -0.3 is 11.1 Å². The van der Waals surface area contributed by atoms with E-state index in [4.69, 9.17) is 5.73 Å². The Kier molecular flexibility index (Phi) is 3.48. The Morgan fingerprint density at radius 3 is 2.68 bits per heavy atom. The first-order chi connectivity index (χ1) is 8.99. The second-order valence-corrected chi connectivity index (χ2v) is 4.37. The van der Waals surface area contributed by atoms with E-state index in [1.54, 1.807) is 19.1 Å². The van der Waals surface area contributed by atoms with Crippen LogP contribution in [0.2, 0.25) is 0 Å². The lowest BCUT2D eigenvalue weighted by molar-refractivity contribution is -0.116. The minimum Gasteiger partial charge on any atom is -0.327 e. The molecule has 1 amide bonds. The molecular weight excluding hydrogens is 248 g/mol. The van der Waals surface area contributed by atoms with E-state index in [9.17, 15) is 14.4 Å². The largest absolute Gasteiger partial charge is 0.327 e. The molecule has 5 N–H and O–H groups in total. The Bertz CT molecular complexity index is 730. The van der Waals surface area contributed by atoms with Crippen LogP contribution in [0.1, 0.15) is 13.3 Å². The molecule has 1 unspecified atom stereocenters. The molecule has 0 bridgehead atoms. The molecule has 100 valence electrons. The van der Waals surface area contributed by atoms with E-state index in [-0.39, 0.29) is 29.1 Å². The van der Waals surface area contributed by atoms with E-state index in [0.29, 0.717) is 5.69 Å². The van der Waals surface area contributed by atoms with Crippen LogP contribution in [0, 0.1) is 0 Å². The number of anilines is 1. The van der Waals surface area contributed by atoms with Crippen LogP contribution in [0.15, 0.2) is 27.8 Å². The average Bonchev–Trinajstić information content (AvgIpc) is 2.33. The minimum absolute atomic E-state index is 0.136. The molecule has 2 aromatic rings. The third-order valence-electron chi connectivity index (χ3n) is 2.61. The molecule has 7 heteroatoms. The summed E-state index contributed by atoms with van der Waals surface area (Å²) in [5, 5.41) is 7.43. The zero-order chi connectivity index (χ0) is 14.0. The fraction of sp³-hybridized carbons (Fsp3) is 0.250. The maximum atomic E-state index is 11.8. The van der Waals surface area contributed by atoms with Crippen LogP contribution in [-0.4, -0.2) is 22.1 Å². The lowest BCUT2D eigenvalue weighted by Gasteiger charge is -2.09. The van der Waals surface area contributed by atoms with Crippen molar-refractivity contribution in [1.82, 2.24) is 10.2 Å². The maximum absolute atomic E-state index is 11.8. The molecular formula is C12H14N4O3. The van der Waals surface area contributed by atoms with E-state index in [0.717, 1.165) is 0 Å². The standard InChI is InChI=1S/C12H14N4O3/c1-6(13)5-9(17)14-8-4-2-3-7-10(8)12(19)16-15-11(7)18/h2-4,6H,5,13H2,1H3,(H,14,17)(H,15,18)(H,16,19). The number of carbonyl (C=O) groups excluding carboxylic acids is 1. The first-order valence-electron chi connectivity index (χ1n) is 5.78. The highest BCUT2D eigenvalue weighted by atomic mass is 16.2. The number of benzene rings is 1. The van der Waals surface area contributed by atoms with Gasteiger partial charge in [-0.2, -0.15) is 0 Å². The number of aromatic amines is 2. The Labute approximate surface area is 107 Å². The first kappa shape index (κ1) is 13.0. The summed E-state index contributed by atoms with van der Waals surface area (Å²) in [6, 6.07) is 4.40. The summed E-state index contributed by atoms with van der Waals surface area (Å²) in [7, 11) is 0. The summed E-state index contributed by atoms with van der Waals surface area (Å²) in [6.45, 7) is 1.71. The van der Waals surface area contributed by atoms with Crippen molar-refractivity contribution in [1.29, 1.82) is 0 Å². The number of H-pyrrole nitrogens is 2. The van der Waals surface area contributed by atoms with E-state index >= 15 is 0 Å². The van der Waals surface area contributed by atoms with Crippen molar-refractivity contribution in [3.8, 4) is 0 Å². The number of aromatic nitrogens is 2. The molecule has 0 aliphatic rings. The third-order valence-corrected chi connectivity index (χ3v) is 2.61. The van der Waals surface area contributed by atoms with Gasteiger partial charge in [0.25, 0.3) is 11.1 Å². The van der Waals surface area contributed by atoms with E-state index in [1.807, 2.05) is 0 Å². The molecule has 0 fully saturated rings. The van der Waals surface area contributed by atoms with Crippen molar-refractivity contribution < 1.29 is 4.79 Å². The number of hydrogen-bond acceptors (Lipinski definition) is 4. The maximum Gasteiger partial charge on any atom is 0.272 e. The van der Waals surface area contributed by atoms with Crippen molar-refractivity contribution >= 4 is 22.4 Å². The highest BCUT2D eigenvalue weighted by Crippen LogP contribution is 2.16. The summed E-state index contributed by atoms with van der Waals surface area (Å²) in [4.78, 5) is 35.0. The molecule has 19 heavy (non-hydrogen) atoms. The van der Waals surface area contributed by atoms with Gasteiger partial charge in [-0.3, -0.25) is 24.6 Å². The summed E-state index contributed by atoms with van der Waals surface area (Å²) >= 11 is 0. The van der Waals surface area contributed by atoms with Gasteiger partial charge in [0.2, 0.25) is 5.91 Å². The summed E-state index contributed by atoms with van der Waals surface area (Å²) < 4.78 is 0. The molecule has 2 rings (SSSR count). The normalized spacial score (nSPS) is 12.3. The van der Waals surface area contributed by atoms with Gasteiger partial charge in [-0.15, -0.1) is 0 Å². The summed E-state index contributed by atoms with van der Waals surface area (Å²) in [5.41, 5.74) is 4.95. The topological polar surface area (TPSA) is 121 Å². The van der Waals surface area contributed by atoms with Crippen molar-refractivity contribution in [3.63, 3.8) is 0 Å². The molecule has 1 aromatic heterocycles. The van der Waals surface area contributed by atoms with E-state index < -0.39 is 11.1 Å². The van der Waals surface area contributed by atoms with E-state index in [1.165, 1.54) is 6.07 Å². The van der Waals surface area contributed by atoms with Gasteiger partial charge in [0.05, 0.1) is 16.5 Å². The molecule has 1 atom stereocenters. The van der Waals surface area contributed by atoms with Crippen LogP contribution >= 0.6 is 0 Å². The van der Waals surface area contributed by atoms with Crippen LogP contribution in [0.25, 0.3) is 10.8 Å². The highest BCUT2D eigenvalue weighted by molar-refractivity contribution is 6.01. The molecule has 7 nitrogen and oxygen atoms in total. The predicted octanol–water partition coefficient (Wildman–Crippen LogP) is -0.108. The van der Waals surface area contributed by atoms with Crippen LogP contribution in [0.3, 0.4) is 0 Å². The predicted molar refractivity (Wildman–Crippen MR) is 72.1 cm³/mol. The monoisotopic (exact) mass is 262 g/mol. The van der Waals surface area contributed by atoms with Crippen LogP contribution in [0.4, 0.5) is 5.69 Å². The Balaban J connectivity index is 2.50. The Morgan fingerprint density at radius 2 is 2.00 bits per heavy atom. The SMILES string of the molecule is CC(N)CC(=O)Nc1cccc2c(=O)[nH][nH]c(=O)c12. The number of carbonyl (C=O) groups is 1. The first-order valence-corrected chi connectivity index (χ1v) is 5.78. The van der Waals surface area contributed by atoms with Gasteiger partial charge in [0, 0.05) is 12.5 Å². The van der Waals surface area contributed by atoms with E-state index in [2.05, 4.69) is 15.5 Å². The zero-order valence-corrected chi connectivity index (χ0v) is 10.3. The van der Waals surface area contributed by atoms with Gasteiger partial charge in [0.15, 0.2) is 0 Å². The van der Waals surface area contributed by atoms with Crippen molar-refractivity contribution in [2.75, 3.05) is 5.32 Å². The molecule has 0 aliphatic carbocycles. The van der Waals surface area contributed by atoms with Crippen LogP contribution < -0.4 is 22.2 Å². The summed E-state index contributed by atoms with van der Waals surface area (Å²) in [6.07, 6.45) is 0.136. The lowest BCUT2D eigenvalue weighted by atomic mass is 10.1. The van der Waals surface area contributed by atoms with Crippen LogP contribution in [-0.2, 0) is 4.79 Å². The second kappa shape index (κ2) is 5.07. The number of fused-ring (bicyclic) bond motifs is 1. The molecule has 0 saturated heterocycles. The molecule has 0 saturated carbocycles. The molecule has 1 aromatic carbocycles. The molecule has 0 spiro atoms. The van der Waals surface area contributed by atoms with Gasteiger partial charge in [-0.25, -0.2) is 0 Å². The number of amides is 1. The lowest BCUT2D eigenvalue weighted by Crippen LogP contribution is -2.25. The molecule has 0 radical (unpaired) electrons. The van der Waals surface area contributed by atoms with Gasteiger partial charge in [-0.1, -0.05) is 6.07 Å². The van der Waals surface area contributed by atoms with Crippen LogP contribution in [0.5, 0.6) is 0 Å². The van der Waals surface area contributed by atoms with Gasteiger partial charge >= 0.3 is 0 Å². The third kappa shape index (κ3) is 2.71. The molecule has 1 heterocycles. The summed E-state index contributed by atoms with van der Waals surface area (Å²) in [5.74, 6) is -0.304. The van der Waals surface area contributed by atoms with Gasteiger partial charge in [-0.05, 0) is 19.1 Å². The second-order valence-electron chi connectivity index (χ2n) is 4.37. The highest BCUT2D eigenvalue weighted by Gasteiger charge is 2.11. The average molecular weight is 262 g/mol. The zero-order valence-electron chi connectivity index (χ0n) is 10.3. The Hall–Kier alpha value is -2.41. The smallest absolute Gasteiger partial charge is 0.272 e. The minimum atomic E-state index is -0.466. The number of hydrogen-bond donors (Lipinski definition) is 4. The fourth-order valence-corrected chi connectivity index (χ4v) is 1.83. The van der Waals surface area contributed by atoms with Crippen molar-refractivity contribution in [2.24, 2.45) is 5.73 Å². The quantitative estimate of drug-likeness (QED) is 0.616. The van der Waals surface area contributed by atoms with Crippen molar-refractivity contribution in [3.05, 3.63) is 38.9 Å². The fourth-order valence-electron chi connectivity index (χ4n) is 1.83. The number of rotatable bonds is 3.